The Balaban J connectivity index is 1.44. The van der Waals surface area contributed by atoms with E-state index in [9.17, 15) is 4.79 Å². The summed E-state index contributed by atoms with van der Waals surface area (Å²) in [6, 6.07) is 11.8. The molecule has 2 heterocycles. The summed E-state index contributed by atoms with van der Waals surface area (Å²) in [4.78, 5) is 16.6. The number of carbonyl (C=O) groups is 1. The van der Waals surface area contributed by atoms with Gasteiger partial charge in [0, 0.05) is 11.9 Å². The molecule has 0 bridgehead atoms. The molecule has 0 saturated heterocycles. The molecule has 0 spiro atoms. The maximum absolute atomic E-state index is 12.1. The Morgan fingerprint density at radius 1 is 1.22 bits per heavy atom. The van der Waals surface area contributed by atoms with Crippen LogP contribution in [0.1, 0.15) is 30.9 Å². The number of nitrogens with zero attached hydrogens (tertiary/aromatic N) is 1. The largest absolute Gasteiger partial charge is 0.491 e. The monoisotopic (exact) mass is 384 g/mol. The molecule has 27 heavy (non-hydrogen) atoms. The van der Waals surface area contributed by atoms with Crippen LogP contribution in [0.15, 0.2) is 46.2 Å². The molecule has 0 saturated carbocycles. The van der Waals surface area contributed by atoms with Gasteiger partial charge in [-0.15, -0.1) is 11.3 Å². The summed E-state index contributed by atoms with van der Waals surface area (Å²) >= 11 is 1.49. The Hall–Kier alpha value is -2.60. The normalized spacial score (nSPS) is 11.0. The number of furan rings is 1. The highest BCUT2D eigenvalue weighted by Gasteiger charge is 2.11. The van der Waals surface area contributed by atoms with Crippen LogP contribution in [0.2, 0.25) is 0 Å². The zero-order chi connectivity index (χ0) is 19.2. The van der Waals surface area contributed by atoms with Gasteiger partial charge in [-0.25, -0.2) is 4.98 Å². The summed E-state index contributed by atoms with van der Waals surface area (Å²) in [5.41, 5.74) is 1.92. The van der Waals surface area contributed by atoms with Gasteiger partial charge in [0.1, 0.15) is 11.5 Å². The molecule has 0 unspecified atom stereocenters. The second-order valence-corrected chi connectivity index (χ2v) is 7.50. The van der Waals surface area contributed by atoms with Crippen LogP contribution in [0, 0.1) is 6.92 Å². The number of thiazole rings is 1. The smallest absolute Gasteiger partial charge is 0.226 e. The molecule has 0 fully saturated rings. The number of rotatable bonds is 8. The van der Waals surface area contributed by atoms with Gasteiger partial charge >= 0.3 is 0 Å². The molecule has 2 aromatic heterocycles. The fourth-order valence-electron chi connectivity index (χ4n) is 2.63. The Morgan fingerprint density at radius 3 is 2.67 bits per heavy atom. The summed E-state index contributed by atoms with van der Waals surface area (Å²) in [5, 5.41) is 5.65. The summed E-state index contributed by atoms with van der Waals surface area (Å²) < 4.78 is 11.2. The average Bonchev–Trinajstić information content (AvgIpc) is 3.25. The molecule has 1 amide bonds. The average molecular weight is 385 g/mol. The highest BCUT2D eigenvalue weighted by Crippen LogP contribution is 2.25. The minimum absolute atomic E-state index is 0.0257. The zero-order valence-corrected chi connectivity index (χ0v) is 16.6. The third kappa shape index (κ3) is 5.69. The number of carbonyl (C=O) groups excluding carboxylic acids is 1. The van der Waals surface area contributed by atoms with E-state index in [1.165, 1.54) is 11.3 Å². The molecule has 3 aromatic rings. The standard InChI is InChI=1S/C21H24N2O3S/c1-14(2)25-18-7-5-16(6-8-18)10-11-22-20(24)12-17-13-27-21(23-17)19-9-4-15(3)26-19/h4-9,13-14H,10-12H2,1-3H3,(H,22,24). The number of amides is 1. The topological polar surface area (TPSA) is 64.4 Å². The SMILES string of the molecule is Cc1ccc(-c2nc(CC(=O)NCCc3ccc(OC(C)C)cc3)cs2)o1. The van der Waals surface area contributed by atoms with E-state index in [4.69, 9.17) is 9.15 Å². The summed E-state index contributed by atoms with van der Waals surface area (Å²) in [5.74, 6) is 2.43. The molecule has 0 radical (unpaired) electrons. The number of nitrogens with one attached hydrogen (secondary N) is 1. The number of hydrogen-bond acceptors (Lipinski definition) is 5. The summed E-state index contributed by atoms with van der Waals surface area (Å²) in [7, 11) is 0. The Labute approximate surface area is 163 Å². The van der Waals surface area contributed by atoms with Gasteiger partial charge in [-0.2, -0.15) is 0 Å². The fraction of sp³-hybridized carbons (Fsp3) is 0.333. The van der Waals surface area contributed by atoms with Crippen molar-refractivity contribution in [1.29, 1.82) is 0 Å². The number of ether oxygens (including phenoxy) is 1. The zero-order valence-electron chi connectivity index (χ0n) is 15.8. The third-order valence-corrected chi connectivity index (χ3v) is 4.78. The first-order valence-corrected chi connectivity index (χ1v) is 9.91. The lowest BCUT2D eigenvalue weighted by atomic mass is 10.1. The van der Waals surface area contributed by atoms with Crippen molar-refractivity contribution < 1.29 is 13.9 Å². The molecule has 0 aliphatic rings. The van der Waals surface area contributed by atoms with Crippen LogP contribution >= 0.6 is 11.3 Å². The van der Waals surface area contributed by atoms with Crippen LogP contribution in [-0.4, -0.2) is 23.5 Å². The van der Waals surface area contributed by atoms with Gasteiger partial charge in [0.15, 0.2) is 10.8 Å². The Bertz CT molecular complexity index is 881. The van der Waals surface area contributed by atoms with Crippen LogP contribution in [0.25, 0.3) is 10.8 Å². The van der Waals surface area contributed by atoms with Crippen LogP contribution in [0.4, 0.5) is 0 Å². The second kappa shape index (κ2) is 8.86. The van der Waals surface area contributed by atoms with Crippen molar-refractivity contribution in [2.75, 3.05) is 6.54 Å². The van der Waals surface area contributed by atoms with Gasteiger partial charge in [-0.1, -0.05) is 12.1 Å². The first-order valence-electron chi connectivity index (χ1n) is 9.03. The van der Waals surface area contributed by atoms with Crippen molar-refractivity contribution >= 4 is 17.2 Å². The van der Waals surface area contributed by atoms with Gasteiger partial charge in [0.25, 0.3) is 0 Å². The highest BCUT2D eigenvalue weighted by molar-refractivity contribution is 7.13. The van der Waals surface area contributed by atoms with E-state index < -0.39 is 0 Å². The highest BCUT2D eigenvalue weighted by atomic mass is 32.1. The molecule has 0 atom stereocenters. The van der Waals surface area contributed by atoms with Gasteiger partial charge < -0.3 is 14.5 Å². The lowest BCUT2D eigenvalue weighted by Crippen LogP contribution is -2.27. The molecule has 5 nitrogen and oxygen atoms in total. The van der Waals surface area contributed by atoms with Crippen LogP contribution in [0.3, 0.4) is 0 Å². The van der Waals surface area contributed by atoms with E-state index >= 15 is 0 Å². The molecular formula is C21H24N2O3S. The van der Waals surface area contributed by atoms with Gasteiger partial charge in [-0.3, -0.25) is 4.79 Å². The predicted octanol–water partition coefficient (Wildman–Crippen LogP) is 4.40. The van der Waals surface area contributed by atoms with E-state index in [0.717, 1.165) is 40.0 Å². The van der Waals surface area contributed by atoms with E-state index in [0.29, 0.717) is 6.54 Å². The number of aryl methyl sites for hydroxylation is 1. The minimum Gasteiger partial charge on any atom is -0.491 e. The lowest BCUT2D eigenvalue weighted by molar-refractivity contribution is -0.120. The molecule has 0 aliphatic carbocycles. The molecule has 142 valence electrons. The van der Waals surface area contributed by atoms with Gasteiger partial charge in [-0.05, 0) is 57.0 Å². The molecule has 0 aliphatic heterocycles. The number of hydrogen-bond donors (Lipinski definition) is 1. The van der Waals surface area contributed by atoms with Crippen LogP contribution in [-0.2, 0) is 17.6 Å². The van der Waals surface area contributed by atoms with E-state index in [1.807, 2.05) is 62.5 Å². The maximum atomic E-state index is 12.1. The molecule has 3 rings (SSSR count). The second-order valence-electron chi connectivity index (χ2n) is 6.64. The van der Waals surface area contributed by atoms with Crippen molar-refractivity contribution in [2.24, 2.45) is 0 Å². The minimum atomic E-state index is -0.0257. The fourth-order valence-corrected chi connectivity index (χ4v) is 3.41. The van der Waals surface area contributed by atoms with E-state index in [2.05, 4.69) is 10.3 Å². The van der Waals surface area contributed by atoms with Crippen LogP contribution < -0.4 is 10.1 Å². The van der Waals surface area contributed by atoms with Crippen LogP contribution in [0.5, 0.6) is 5.75 Å². The molecule has 1 aromatic carbocycles. The first-order chi connectivity index (χ1) is 13.0. The third-order valence-electron chi connectivity index (χ3n) is 3.88. The number of benzene rings is 1. The van der Waals surface area contributed by atoms with Crippen molar-refractivity contribution in [3.63, 3.8) is 0 Å². The maximum Gasteiger partial charge on any atom is 0.226 e. The molecule has 1 N–H and O–H groups in total. The van der Waals surface area contributed by atoms with Crippen molar-refractivity contribution in [3.8, 4) is 16.5 Å². The van der Waals surface area contributed by atoms with Gasteiger partial charge in [0.2, 0.25) is 5.91 Å². The van der Waals surface area contributed by atoms with Crippen molar-refractivity contribution in [2.45, 2.75) is 39.7 Å². The number of aromatic nitrogens is 1. The molecular weight excluding hydrogens is 360 g/mol. The Morgan fingerprint density at radius 2 is 2.00 bits per heavy atom. The lowest BCUT2D eigenvalue weighted by Gasteiger charge is -2.10. The van der Waals surface area contributed by atoms with Crippen molar-refractivity contribution in [3.05, 3.63) is 58.8 Å². The van der Waals surface area contributed by atoms with Gasteiger partial charge in [0.05, 0.1) is 18.2 Å². The quantitative estimate of drug-likeness (QED) is 0.625. The predicted molar refractivity (Wildman–Crippen MR) is 107 cm³/mol. The van der Waals surface area contributed by atoms with Crippen molar-refractivity contribution in [1.82, 2.24) is 10.3 Å². The van der Waals surface area contributed by atoms with E-state index in [-0.39, 0.29) is 18.4 Å². The first kappa shape index (κ1) is 19.2. The molecule has 6 heteroatoms. The summed E-state index contributed by atoms with van der Waals surface area (Å²) in [6.07, 6.45) is 1.22. The summed E-state index contributed by atoms with van der Waals surface area (Å²) in [6.45, 7) is 6.50. The Kier molecular flexibility index (Phi) is 6.29. The van der Waals surface area contributed by atoms with E-state index in [1.54, 1.807) is 0 Å².